The maximum Gasteiger partial charge on any atom is 0.252 e. The molecule has 0 atom stereocenters. The highest BCUT2D eigenvalue weighted by molar-refractivity contribution is 9.11. The Labute approximate surface area is 136 Å². The van der Waals surface area contributed by atoms with Gasteiger partial charge in [0.1, 0.15) is 4.21 Å². The van der Waals surface area contributed by atoms with Crippen molar-refractivity contribution in [3.05, 3.63) is 50.3 Å². The fraction of sp³-hybridized carbons (Fsp3) is 0.231. The lowest BCUT2D eigenvalue weighted by molar-refractivity contribution is 0.468. The van der Waals surface area contributed by atoms with Gasteiger partial charge in [-0.1, -0.05) is 23.7 Å². The molecule has 0 amide bonds. The van der Waals surface area contributed by atoms with Gasteiger partial charge in [-0.3, -0.25) is 0 Å². The molecule has 1 heterocycles. The Bertz CT molecular complexity index is 708. The van der Waals surface area contributed by atoms with Gasteiger partial charge in [0.15, 0.2) is 0 Å². The van der Waals surface area contributed by atoms with Gasteiger partial charge in [-0.25, -0.2) is 8.42 Å². The van der Waals surface area contributed by atoms with Gasteiger partial charge in [0, 0.05) is 18.6 Å². The zero-order valence-corrected chi connectivity index (χ0v) is 14.9. The molecule has 0 fully saturated rings. The summed E-state index contributed by atoms with van der Waals surface area (Å²) in [6.45, 7) is 2.16. The molecule has 1 aromatic carbocycles. The highest BCUT2D eigenvalue weighted by Crippen LogP contribution is 2.32. The summed E-state index contributed by atoms with van der Waals surface area (Å²) in [7, 11) is -1.90. The van der Waals surface area contributed by atoms with E-state index in [1.807, 2.05) is 19.1 Å². The molecule has 2 rings (SSSR count). The fourth-order valence-electron chi connectivity index (χ4n) is 1.69. The number of hydrogen-bond donors (Lipinski definition) is 0. The molecule has 3 nitrogen and oxygen atoms in total. The monoisotopic (exact) mass is 393 g/mol. The van der Waals surface area contributed by atoms with Crippen LogP contribution in [0.1, 0.15) is 11.1 Å². The van der Waals surface area contributed by atoms with Crippen molar-refractivity contribution in [2.24, 2.45) is 0 Å². The molecule has 7 heteroatoms. The molecular weight excluding hydrogens is 382 g/mol. The topological polar surface area (TPSA) is 37.4 Å². The van der Waals surface area contributed by atoms with Crippen LogP contribution in [0, 0.1) is 6.92 Å². The van der Waals surface area contributed by atoms with Crippen LogP contribution < -0.4 is 0 Å². The predicted molar refractivity (Wildman–Crippen MR) is 86.9 cm³/mol. The van der Waals surface area contributed by atoms with Crippen molar-refractivity contribution in [3.8, 4) is 0 Å². The first kappa shape index (κ1) is 16.0. The van der Waals surface area contributed by atoms with Crippen LogP contribution in [0.3, 0.4) is 0 Å². The smallest absolute Gasteiger partial charge is 0.206 e. The summed E-state index contributed by atoms with van der Waals surface area (Å²) in [6, 6.07) is 8.87. The summed E-state index contributed by atoms with van der Waals surface area (Å²) >= 11 is 10.5. The Morgan fingerprint density at radius 3 is 2.60 bits per heavy atom. The molecule has 0 aliphatic carbocycles. The third-order valence-corrected chi connectivity index (χ3v) is 7.42. The van der Waals surface area contributed by atoms with E-state index in [9.17, 15) is 8.42 Å². The zero-order chi connectivity index (χ0) is 14.9. The normalized spacial score (nSPS) is 12.1. The van der Waals surface area contributed by atoms with E-state index in [0.717, 1.165) is 14.9 Å². The molecule has 20 heavy (non-hydrogen) atoms. The summed E-state index contributed by atoms with van der Waals surface area (Å²) in [5.74, 6) is 0. The number of halogens is 2. The molecule has 108 valence electrons. The van der Waals surface area contributed by atoms with Gasteiger partial charge in [0.25, 0.3) is 10.0 Å². The second kappa shape index (κ2) is 6.15. The second-order valence-corrected chi connectivity index (χ2v) is 9.49. The summed E-state index contributed by atoms with van der Waals surface area (Å²) in [5, 5.41) is 0.600. The van der Waals surface area contributed by atoms with Crippen molar-refractivity contribution >= 4 is 48.9 Å². The van der Waals surface area contributed by atoms with Crippen molar-refractivity contribution in [3.63, 3.8) is 0 Å². The highest BCUT2D eigenvalue weighted by atomic mass is 79.9. The number of thiophene rings is 1. The minimum absolute atomic E-state index is 0.289. The van der Waals surface area contributed by atoms with Crippen molar-refractivity contribution < 1.29 is 8.42 Å². The third kappa shape index (κ3) is 3.43. The van der Waals surface area contributed by atoms with E-state index in [4.69, 9.17) is 11.6 Å². The molecule has 0 radical (unpaired) electrons. The highest BCUT2D eigenvalue weighted by Gasteiger charge is 2.23. The minimum atomic E-state index is -3.47. The maximum atomic E-state index is 12.5. The number of rotatable bonds is 4. The van der Waals surface area contributed by atoms with E-state index in [1.54, 1.807) is 25.2 Å². The van der Waals surface area contributed by atoms with Crippen LogP contribution >= 0.6 is 38.9 Å². The lowest BCUT2D eigenvalue weighted by Gasteiger charge is -2.16. The van der Waals surface area contributed by atoms with Crippen molar-refractivity contribution in [2.75, 3.05) is 7.05 Å². The van der Waals surface area contributed by atoms with Gasteiger partial charge in [-0.2, -0.15) is 4.31 Å². The van der Waals surface area contributed by atoms with E-state index in [0.29, 0.717) is 9.23 Å². The van der Waals surface area contributed by atoms with E-state index in [-0.39, 0.29) is 6.54 Å². The van der Waals surface area contributed by atoms with Gasteiger partial charge < -0.3 is 0 Å². The van der Waals surface area contributed by atoms with Gasteiger partial charge in [-0.15, -0.1) is 11.3 Å². The number of nitrogens with zero attached hydrogens (tertiary/aromatic N) is 1. The Balaban J connectivity index is 2.25. The van der Waals surface area contributed by atoms with Gasteiger partial charge in [-0.05, 0) is 52.2 Å². The summed E-state index contributed by atoms with van der Waals surface area (Å²) in [6.07, 6.45) is 0. The van der Waals surface area contributed by atoms with Gasteiger partial charge >= 0.3 is 0 Å². The first-order chi connectivity index (χ1) is 9.30. The zero-order valence-electron chi connectivity index (χ0n) is 10.9. The van der Waals surface area contributed by atoms with Gasteiger partial charge in [0.05, 0.1) is 3.79 Å². The molecule has 0 saturated heterocycles. The van der Waals surface area contributed by atoms with Crippen LogP contribution in [0.25, 0.3) is 0 Å². The van der Waals surface area contributed by atoms with Crippen LogP contribution in [0.5, 0.6) is 0 Å². The summed E-state index contributed by atoms with van der Waals surface area (Å²) in [4.78, 5) is 0. The van der Waals surface area contributed by atoms with E-state index < -0.39 is 10.0 Å². The predicted octanol–water partition coefficient (Wildman–Crippen LogP) is 4.29. The average Bonchev–Trinajstić information content (AvgIpc) is 2.70. The maximum absolute atomic E-state index is 12.5. The summed E-state index contributed by atoms with van der Waals surface area (Å²) in [5.41, 5.74) is 1.78. The molecule has 0 unspecified atom stereocenters. The van der Waals surface area contributed by atoms with Crippen molar-refractivity contribution in [2.45, 2.75) is 17.7 Å². The standard InChI is InChI=1S/C13H13BrClNO2S2/c1-9-6-12(19-13(9)14)20(17,18)16(2)8-10-4-3-5-11(15)7-10/h3-7H,8H2,1-2H3. The Morgan fingerprint density at radius 1 is 1.35 bits per heavy atom. The Hall–Kier alpha value is -0.400. The lowest BCUT2D eigenvalue weighted by Crippen LogP contribution is -2.25. The van der Waals surface area contributed by atoms with Crippen molar-refractivity contribution in [1.29, 1.82) is 0 Å². The first-order valence-corrected chi connectivity index (χ1v) is 9.20. The largest absolute Gasteiger partial charge is 0.252 e. The molecule has 0 spiro atoms. The number of aryl methyl sites for hydroxylation is 1. The average molecular weight is 395 g/mol. The number of sulfonamides is 1. The Kier molecular flexibility index (Phi) is 4.92. The number of hydrogen-bond acceptors (Lipinski definition) is 3. The molecular formula is C13H13BrClNO2S2. The quantitative estimate of drug-likeness (QED) is 0.775. The fourth-order valence-corrected chi connectivity index (χ4v) is 5.50. The molecule has 0 aliphatic heterocycles. The molecule has 1 aromatic heterocycles. The summed E-state index contributed by atoms with van der Waals surface area (Å²) < 4.78 is 27.4. The molecule has 0 aliphatic rings. The molecule has 0 N–H and O–H groups in total. The number of benzene rings is 1. The van der Waals surface area contributed by atoms with Crippen LogP contribution in [0.4, 0.5) is 0 Å². The molecule has 0 saturated carbocycles. The minimum Gasteiger partial charge on any atom is -0.206 e. The molecule has 2 aromatic rings. The van der Waals surface area contributed by atoms with E-state index >= 15 is 0 Å². The third-order valence-electron chi connectivity index (χ3n) is 2.79. The van der Waals surface area contributed by atoms with Crippen LogP contribution in [-0.4, -0.2) is 19.8 Å². The van der Waals surface area contributed by atoms with Crippen LogP contribution in [-0.2, 0) is 16.6 Å². The Morgan fingerprint density at radius 2 is 2.05 bits per heavy atom. The van der Waals surface area contributed by atoms with E-state index in [1.165, 1.54) is 15.6 Å². The van der Waals surface area contributed by atoms with Gasteiger partial charge in [0.2, 0.25) is 0 Å². The lowest BCUT2D eigenvalue weighted by atomic mass is 10.2. The van der Waals surface area contributed by atoms with Crippen LogP contribution in [0.15, 0.2) is 38.3 Å². The molecule has 0 bridgehead atoms. The SMILES string of the molecule is Cc1cc(S(=O)(=O)N(C)Cc2cccc(Cl)c2)sc1Br. The van der Waals surface area contributed by atoms with E-state index in [2.05, 4.69) is 15.9 Å². The second-order valence-electron chi connectivity index (χ2n) is 4.41. The van der Waals surface area contributed by atoms with Crippen LogP contribution in [0.2, 0.25) is 5.02 Å². The van der Waals surface area contributed by atoms with Crippen molar-refractivity contribution in [1.82, 2.24) is 4.31 Å². The first-order valence-electron chi connectivity index (χ1n) is 5.77.